The molecule has 26 heavy (non-hydrogen) atoms. The molecule has 2 aromatic carbocycles. The molecule has 1 unspecified atom stereocenters. The zero-order valence-corrected chi connectivity index (χ0v) is 15.7. The first-order valence-electron chi connectivity index (χ1n) is 9.29. The predicted octanol–water partition coefficient (Wildman–Crippen LogP) is 4.77. The first-order chi connectivity index (χ1) is 12.7. The fourth-order valence-electron chi connectivity index (χ4n) is 3.59. The minimum absolute atomic E-state index is 0.441. The Kier molecular flexibility index (Phi) is 6.16. The van der Waals surface area contributed by atoms with E-state index in [0.717, 1.165) is 32.2 Å². The van der Waals surface area contributed by atoms with Crippen molar-refractivity contribution >= 4 is 5.69 Å². The average Bonchev–Trinajstić information content (AvgIpc) is 3.06. The van der Waals surface area contributed by atoms with E-state index >= 15 is 0 Å². The maximum atomic E-state index is 8.34. The molecule has 0 bridgehead atoms. The number of hydrogen-bond donors (Lipinski definition) is 1. The molecule has 0 aromatic heterocycles. The molecule has 0 spiro atoms. The second kappa shape index (κ2) is 8.75. The molecule has 5 heteroatoms. The van der Waals surface area contributed by atoms with Gasteiger partial charge < -0.3 is 10.2 Å². The third-order valence-corrected chi connectivity index (χ3v) is 5.08. The van der Waals surface area contributed by atoms with Crippen LogP contribution in [0.1, 0.15) is 41.1 Å². The lowest BCUT2D eigenvalue weighted by molar-refractivity contribution is 0.530. The average molecular weight is 349 g/mol. The lowest BCUT2D eigenvalue weighted by Crippen LogP contribution is -2.18. The van der Waals surface area contributed by atoms with Crippen LogP contribution in [-0.2, 0) is 19.4 Å². The van der Waals surface area contributed by atoms with Crippen molar-refractivity contribution in [1.82, 2.24) is 5.32 Å². The Labute approximate surface area is 155 Å². The Hall–Kier alpha value is -2.49. The van der Waals surface area contributed by atoms with Crippen molar-refractivity contribution in [3.8, 4) is 0 Å². The molecule has 0 heterocycles. The third-order valence-electron chi connectivity index (χ3n) is 5.08. The van der Waals surface area contributed by atoms with Gasteiger partial charge in [0.25, 0.3) is 0 Å². The largest absolute Gasteiger partial charge is 0.378 e. The summed E-state index contributed by atoms with van der Waals surface area (Å²) in [5.41, 5.74) is 15.1. The predicted molar refractivity (Wildman–Crippen MR) is 107 cm³/mol. The van der Waals surface area contributed by atoms with Crippen LogP contribution in [0, 0.1) is 0 Å². The van der Waals surface area contributed by atoms with Crippen molar-refractivity contribution in [3.05, 3.63) is 75.2 Å². The van der Waals surface area contributed by atoms with E-state index < -0.39 is 0 Å². The zero-order valence-electron chi connectivity index (χ0n) is 15.7. The summed E-state index contributed by atoms with van der Waals surface area (Å²) in [6, 6.07) is 16.0. The molecule has 0 saturated carbocycles. The van der Waals surface area contributed by atoms with E-state index in [1.807, 2.05) is 0 Å². The van der Waals surface area contributed by atoms with Gasteiger partial charge in [-0.3, -0.25) is 0 Å². The molecule has 1 atom stereocenters. The smallest absolute Gasteiger partial charge is 0.0361 e. The fraction of sp³-hybridized carbons (Fsp3) is 0.429. The van der Waals surface area contributed by atoms with Crippen LogP contribution in [0.5, 0.6) is 0 Å². The SMILES string of the molecule is CN(C)c1ccc(CNC2CCc3cc(CCCN=[N+]=[N-])ccc32)cc1. The van der Waals surface area contributed by atoms with Gasteiger partial charge in [0, 0.05) is 43.8 Å². The second-order valence-electron chi connectivity index (χ2n) is 7.12. The summed E-state index contributed by atoms with van der Waals surface area (Å²) in [7, 11) is 4.13. The van der Waals surface area contributed by atoms with E-state index in [0.29, 0.717) is 12.6 Å². The van der Waals surface area contributed by atoms with Gasteiger partial charge >= 0.3 is 0 Å². The monoisotopic (exact) mass is 349 g/mol. The van der Waals surface area contributed by atoms with E-state index in [4.69, 9.17) is 5.53 Å². The summed E-state index contributed by atoms with van der Waals surface area (Å²) in [5, 5.41) is 7.32. The maximum Gasteiger partial charge on any atom is 0.0361 e. The highest BCUT2D eigenvalue weighted by molar-refractivity contribution is 5.46. The number of benzene rings is 2. The standard InChI is InChI=1S/C21H27N5/c1-26(2)19-9-5-17(6-10-19)15-23-21-12-8-18-14-16(7-11-20(18)21)4-3-13-24-25-22/h5-7,9-11,14,21,23H,3-4,8,12-13,15H2,1-2H3. The molecule has 3 rings (SSSR count). The van der Waals surface area contributed by atoms with Gasteiger partial charge in [-0.1, -0.05) is 35.4 Å². The topological polar surface area (TPSA) is 64.0 Å². The molecule has 0 saturated heterocycles. The maximum absolute atomic E-state index is 8.34. The Morgan fingerprint density at radius 1 is 1.15 bits per heavy atom. The Balaban J connectivity index is 1.56. The van der Waals surface area contributed by atoms with Gasteiger partial charge in [0.15, 0.2) is 0 Å². The molecule has 0 fully saturated rings. The lowest BCUT2D eigenvalue weighted by Gasteiger charge is -2.16. The highest BCUT2D eigenvalue weighted by atomic mass is 15.1. The van der Waals surface area contributed by atoms with Crippen LogP contribution in [0.2, 0.25) is 0 Å². The first-order valence-corrected chi connectivity index (χ1v) is 9.29. The normalized spacial score (nSPS) is 15.4. The van der Waals surface area contributed by atoms with Crippen LogP contribution in [0.4, 0.5) is 5.69 Å². The van der Waals surface area contributed by atoms with Crippen LogP contribution >= 0.6 is 0 Å². The highest BCUT2D eigenvalue weighted by Gasteiger charge is 2.21. The molecule has 0 amide bonds. The molecular formula is C21H27N5. The molecule has 1 aliphatic carbocycles. The van der Waals surface area contributed by atoms with Gasteiger partial charge in [0.05, 0.1) is 0 Å². The van der Waals surface area contributed by atoms with Crippen molar-refractivity contribution in [2.24, 2.45) is 5.11 Å². The van der Waals surface area contributed by atoms with Crippen LogP contribution in [0.3, 0.4) is 0 Å². The number of aryl methyl sites for hydroxylation is 2. The number of fused-ring (bicyclic) bond motifs is 1. The number of rotatable bonds is 8. The van der Waals surface area contributed by atoms with Crippen molar-refractivity contribution in [2.75, 3.05) is 25.5 Å². The molecule has 0 radical (unpaired) electrons. The van der Waals surface area contributed by atoms with E-state index in [9.17, 15) is 0 Å². The lowest BCUT2D eigenvalue weighted by atomic mass is 10.0. The molecule has 5 nitrogen and oxygen atoms in total. The van der Waals surface area contributed by atoms with Crippen LogP contribution in [-0.4, -0.2) is 20.6 Å². The third kappa shape index (κ3) is 4.57. The van der Waals surface area contributed by atoms with E-state index in [-0.39, 0.29) is 0 Å². The minimum Gasteiger partial charge on any atom is -0.378 e. The van der Waals surface area contributed by atoms with E-state index in [1.54, 1.807) is 0 Å². The quantitative estimate of drug-likeness (QED) is 0.323. The Bertz CT molecular complexity index is 775. The van der Waals surface area contributed by atoms with E-state index in [2.05, 4.69) is 76.8 Å². The van der Waals surface area contributed by atoms with Gasteiger partial charge in [0.2, 0.25) is 0 Å². The van der Waals surface area contributed by atoms with Gasteiger partial charge in [-0.2, -0.15) is 0 Å². The molecule has 0 aliphatic heterocycles. The Morgan fingerprint density at radius 2 is 1.92 bits per heavy atom. The summed E-state index contributed by atoms with van der Waals surface area (Å²) in [5.74, 6) is 0. The fourth-order valence-corrected chi connectivity index (χ4v) is 3.59. The minimum atomic E-state index is 0.441. The highest BCUT2D eigenvalue weighted by Crippen LogP contribution is 2.32. The summed E-state index contributed by atoms with van der Waals surface area (Å²) >= 11 is 0. The van der Waals surface area contributed by atoms with Crippen molar-refractivity contribution in [2.45, 2.75) is 38.3 Å². The van der Waals surface area contributed by atoms with Gasteiger partial charge in [-0.05, 0) is 65.6 Å². The van der Waals surface area contributed by atoms with Crippen molar-refractivity contribution in [3.63, 3.8) is 0 Å². The number of azide groups is 1. The summed E-state index contributed by atoms with van der Waals surface area (Å²) in [6.45, 7) is 1.47. The van der Waals surface area contributed by atoms with Crippen molar-refractivity contribution < 1.29 is 0 Å². The first kappa shape index (κ1) is 18.3. The van der Waals surface area contributed by atoms with E-state index in [1.165, 1.54) is 27.9 Å². The van der Waals surface area contributed by atoms with Gasteiger partial charge in [0.1, 0.15) is 0 Å². The number of nitrogens with zero attached hydrogens (tertiary/aromatic N) is 4. The summed E-state index contributed by atoms with van der Waals surface area (Å²) in [4.78, 5) is 4.93. The van der Waals surface area contributed by atoms with Crippen LogP contribution in [0.25, 0.3) is 10.4 Å². The van der Waals surface area contributed by atoms with Crippen molar-refractivity contribution in [1.29, 1.82) is 0 Å². The summed E-state index contributed by atoms with van der Waals surface area (Å²) < 4.78 is 0. The Morgan fingerprint density at radius 3 is 2.65 bits per heavy atom. The van der Waals surface area contributed by atoms with Crippen LogP contribution < -0.4 is 10.2 Å². The molecule has 1 N–H and O–H groups in total. The van der Waals surface area contributed by atoms with Gasteiger partial charge in [-0.15, -0.1) is 0 Å². The zero-order chi connectivity index (χ0) is 18.4. The van der Waals surface area contributed by atoms with Gasteiger partial charge in [-0.25, -0.2) is 0 Å². The molecule has 1 aliphatic rings. The number of anilines is 1. The number of hydrogen-bond acceptors (Lipinski definition) is 3. The summed E-state index contributed by atoms with van der Waals surface area (Å²) in [6.07, 6.45) is 4.18. The number of nitrogens with one attached hydrogen (secondary N) is 1. The molecular weight excluding hydrogens is 322 g/mol. The molecule has 2 aromatic rings. The molecule has 136 valence electrons. The second-order valence-corrected chi connectivity index (χ2v) is 7.12. The van der Waals surface area contributed by atoms with Crippen LogP contribution in [0.15, 0.2) is 47.6 Å².